The summed E-state index contributed by atoms with van der Waals surface area (Å²) in [6.07, 6.45) is 5.79. The third-order valence-corrected chi connectivity index (χ3v) is 4.48. The molecule has 4 heteroatoms. The number of benzene rings is 1. The lowest BCUT2D eigenvalue weighted by atomic mass is 10.0. The minimum absolute atomic E-state index is 0.150. The van der Waals surface area contributed by atoms with E-state index in [0.717, 1.165) is 24.3 Å². The second kappa shape index (κ2) is 12.8. The Morgan fingerprint density at radius 3 is 2.60 bits per heavy atom. The lowest BCUT2D eigenvalue weighted by molar-refractivity contribution is 0.0925. The standard InChI is InChI=1S/C21H36N2O2/c1-5-7-11-18(6-2)16-25-15-10-14-22-21(24)23-20-13-9-8-12-19(20)17(3)4/h8-9,12-13,17-18H,5-7,10-11,14-16H2,1-4H3,(H2,22,23,24). The smallest absolute Gasteiger partial charge is 0.319 e. The molecule has 0 aliphatic heterocycles. The third-order valence-electron chi connectivity index (χ3n) is 4.48. The molecule has 25 heavy (non-hydrogen) atoms. The number of hydrogen-bond acceptors (Lipinski definition) is 2. The van der Waals surface area contributed by atoms with Crippen LogP contribution >= 0.6 is 0 Å². The van der Waals surface area contributed by atoms with E-state index in [1.165, 1.54) is 25.7 Å². The number of unbranched alkanes of at least 4 members (excludes halogenated alkanes) is 1. The summed E-state index contributed by atoms with van der Waals surface area (Å²) >= 11 is 0. The fourth-order valence-corrected chi connectivity index (χ4v) is 2.81. The number of carbonyl (C=O) groups excluding carboxylic acids is 1. The van der Waals surface area contributed by atoms with Crippen LogP contribution in [0.3, 0.4) is 0 Å². The molecule has 2 N–H and O–H groups in total. The summed E-state index contributed by atoms with van der Waals surface area (Å²) < 4.78 is 5.76. The van der Waals surface area contributed by atoms with Crippen LogP contribution in [0, 0.1) is 5.92 Å². The molecule has 1 rings (SSSR count). The van der Waals surface area contributed by atoms with Gasteiger partial charge in [-0.15, -0.1) is 0 Å². The van der Waals surface area contributed by atoms with Crippen LogP contribution in [0.1, 0.15) is 71.3 Å². The van der Waals surface area contributed by atoms with Gasteiger partial charge < -0.3 is 15.4 Å². The zero-order chi connectivity index (χ0) is 18.5. The minimum Gasteiger partial charge on any atom is -0.381 e. The molecule has 1 aromatic rings. The van der Waals surface area contributed by atoms with Crippen LogP contribution in [0.15, 0.2) is 24.3 Å². The molecular formula is C21H36N2O2. The van der Waals surface area contributed by atoms with Gasteiger partial charge >= 0.3 is 6.03 Å². The molecule has 0 fully saturated rings. The van der Waals surface area contributed by atoms with Crippen molar-refractivity contribution in [1.82, 2.24) is 5.32 Å². The van der Waals surface area contributed by atoms with Crippen molar-refractivity contribution in [2.45, 2.75) is 65.7 Å². The number of carbonyl (C=O) groups is 1. The molecule has 2 amide bonds. The first-order chi connectivity index (χ1) is 12.1. The van der Waals surface area contributed by atoms with E-state index in [-0.39, 0.29) is 6.03 Å². The summed E-state index contributed by atoms with van der Waals surface area (Å²) in [5, 5.41) is 5.85. The quantitative estimate of drug-likeness (QED) is 0.486. The van der Waals surface area contributed by atoms with Crippen molar-refractivity contribution in [2.24, 2.45) is 5.92 Å². The second-order valence-corrected chi connectivity index (χ2v) is 6.97. The summed E-state index contributed by atoms with van der Waals surface area (Å²) in [5.41, 5.74) is 2.03. The molecular weight excluding hydrogens is 312 g/mol. The van der Waals surface area contributed by atoms with Gasteiger partial charge in [0.25, 0.3) is 0 Å². The Hall–Kier alpha value is -1.55. The zero-order valence-electron chi connectivity index (χ0n) is 16.4. The monoisotopic (exact) mass is 348 g/mol. The molecule has 0 bridgehead atoms. The van der Waals surface area contributed by atoms with Crippen molar-refractivity contribution in [3.05, 3.63) is 29.8 Å². The lowest BCUT2D eigenvalue weighted by Crippen LogP contribution is -2.30. The first-order valence-electron chi connectivity index (χ1n) is 9.79. The fourth-order valence-electron chi connectivity index (χ4n) is 2.81. The molecule has 0 aliphatic carbocycles. The Morgan fingerprint density at radius 2 is 1.92 bits per heavy atom. The maximum atomic E-state index is 12.0. The van der Waals surface area contributed by atoms with Gasteiger partial charge in [-0.1, -0.05) is 65.2 Å². The van der Waals surface area contributed by atoms with Gasteiger partial charge in [-0.2, -0.15) is 0 Å². The molecule has 0 saturated heterocycles. The molecule has 0 saturated carbocycles. The van der Waals surface area contributed by atoms with Gasteiger partial charge in [0.1, 0.15) is 0 Å². The fraction of sp³-hybridized carbons (Fsp3) is 0.667. The van der Waals surface area contributed by atoms with E-state index in [1.807, 2.05) is 18.2 Å². The molecule has 4 nitrogen and oxygen atoms in total. The topological polar surface area (TPSA) is 50.4 Å². The van der Waals surface area contributed by atoms with Gasteiger partial charge in [-0.3, -0.25) is 0 Å². The molecule has 0 aliphatic rings. The number of urea groups is 1. The van der Waals surface area contributed by atoms with Crippen molar-refractivity contribution in [3.63, 3.8) is 0 Å². The Bertz CT molecular complexity index is 489. The first-order valence-corrected chi connectivity index (χ1v) is 9.79. The van der Waals surface area contributed by atoms with Gasteiger partial charge in [0.15, 0.2) is 0 Å². The van der Waals surface area contributed by atoms with E-state index >= 15 is 0 Å². The van der Waals surface area contributed by atoms with Crippen LogP contribution in [0.2, 0.25) is 0 Å². The van der Waals surface area contributed by atoms with Crippen molar-refractivity contribution >= 4 is 11.7 Å². The van der Waals surface area contributed by atoms with Gasteiger partial charge in [-0.05, 0) is 36.3 Å². The van der Waals surface area contributed by atoms with Crippen LogP contribution in [0.5, 0.6) is 0 Å². The number of ether oxygens (including phenoxy) is 1. The second-order valence-electron chi connectivity index (χ2n) is 6.97. The van der Waals surface area contributed by atoms with Crippen LogP contribution in [0.25, 0.3) is 0 Å². The molecule has 0 radical (unpaired) electrons. The first kappa shape index (κ1) is 21.5. The minimum atomic E-state index is -0.150. The van der Waals surface area contributed by atoms with Crippen molar-refractivity contribution < 1.29 is 9.53 Å². The molecule has 0 heterocycles. The van der Waals surface area contributed by atoms with Crippen LogP contribution < -0.4 is 10.6 Å². The average molecular weight is 349 g/mol. The van der Waals surface area contributed by atoms with Gasteiger partial charge in [-0.25, -0.2) is 4.79 Å². The maximum absolute atomic E-state index is 12.0. The highest BCUT2D eigenvalue weighted by Gasteiger charge is 2.09. The number of hydrogen-bond donors (Lipinski definition) is 2. The number of amides is 2. The highest BCUT2D eigenvalue weighted by Crippen LogP contribution is 2.23. The maximum Gasteiger partial charge on any atom is 0.319 e. The van der Waals surface area contributed by atoms with E-state index in [1.54, 1.807) is 0 Å². The predicted molar refractivity (Wildman–Crippen MR) is 106 cm³/mol. The molecule has 142 valence electrons. The number of nitrogens with one attached hydrogen (secondary N) is 2. The number of rotatable bonds is 12. The molecule has 1 unspecified atom stereocenters. The van der Waals surface area contributed by atoms with Gasteiger partial charge in [0, 0.05) is 25.4 Å². The molecule has 0 aromatic heterocycles. The van der Waals surface area contributed by atoms with Crippen molar-refractivity contribution in [1.29, 1.82) is 0 Å². The Morgan fingerprint density at radius 1 is 1.16 bits per heavy atom. The largest absolute Gasteiger partial charge is 0.381 e. The van der Waals surface area contributed by atoms with Crippen molar-refractivity contribution in [2.75, 3.05) is 25.1 Å². The molecule has 0 spiro atoms. The van der Waals surface area contributed by atoms with Gasteiger partial charge in [0.05, 0.1) is 0 Å². The van der Waals surface area contributed by atoms with Crippen molar-refractivity contribution in [3.8, 4) is 0 Å². The Kier molecular flexibility index (Phi) is 11.0. The summed E-state index contributed by atoms with van der Waals surface area (Å²) in [7, 11) is 0. The third kappa shape index (κ3) is 8.92. The molecule has 1 aromatic carbocycles. The average Bonchev–Trinajstić information content (AvgIpc) is 2.60. The number of para-hydroxylation sites is 1. The number of anilines is 1. The lowest BCUT2D eigenvalue weighted by Gasteiger charge is -2.15. The highest BCUT2D eigenvalue weighted by atomic mass is 16.5. The molecule has 1 atom stereocenters. The summed E-state index contributed by atoms with van der Waals surface area (Å²) in [5.74, 6) is 1.05. The highest BCUT2D eigenvalue weighted by molar-refractivity contribution is 5.90. The SMILES string of the molecule is CCCCC(CC)COCCCNC(=O)Nc1ccccc1C(C)C. The van der Waals surface area contributed by atoms with Crippen LogP contribution in [-0.2, 0) is 4.74 Å². The Balaban J connectivity index is 2.19. The van der Waals surface area contributed by atoms with E-state index < -0.39 is 0 Å². The van der Waals surface area contributed by atoms with Gasteiger partial charge in [0.2, 0.25) is 0 Å². The van der Waals surface area contributed by atoms with E-state index in [0.29, 0.717) is 25.0 Å². The van der Waals surface area contributed by atoms with E-state index in [9.17, 15) is 4.79 Å². The summed E-state index contributed by atoms with van der Waals surface area (Å²) in [6, 6.07) is 7.79. The Labute approximate surface area is 153 Å². The van der Waals surface area contributed by atoms with E-state index in [2.05, 4.69) is 44.4 Å². The van der Waals surface area contributed by atoms with Crippen LogP contribution in [-0.4, -0.2) is 25.8 Å². The van der Waals surface area contributed by atoms with Crippen LogP contribution in [0.4, 0.5) is 10.5 Å². The van der Waals surface area contributed by atoms with E-state index in [4.69, 9.17) is 4.74 Å². The summed E-state index contributed by atoms with van der Waals surface area (Å²) in [4.78, 5) is 12.0. The predicted octanol–water partition coefficient (Wildman–Crippen LogP) is 5.55. The zero-order valence-corrected chi connectivity index (χ0v) is 16.4. The normalized spacial score (nSPS) is 12.2. The summed E-state index contributed by atoms with van der Waals surface area (Å²) in [6.45, 7) is 10.9.